The molecular formula is C37H50N4O6. The molecule has 1 aromatic heterocycles. The van der Waals surface area contributed by atoms with Crippen LogP contribution in [0.4, 0.5) is 9.59 Å². The molecule has 254 valence electrons. The number of hydrogen-bond acceptors (Lipinski definition) is 6. The molecule has 0 saturated heterocycles. The molecule has 0 bridgehead atoms. The average Bonchev–Trinajstić information content (AvgIpc) is 2.99. The van der Waals surface area contributed by atoms with Crippen molar-refractivity contribution in [2.24, 2.45) is 5.41 Å². The van der Waals surface area contributed by atoms with Gasteiger partial charge in [0.25, 0.3) is 0 Å². The molecule has 10 heteroatoms. The molecule has 0 fully saturated rings. The number of nitrogens with zero attached hydrogens (tertiary/aromatic N) is 2. The van der Waals surface area contributed by atoms with Gasteiger partial charge in [-0.15, -0.1) is 0 Å². The van der Waals surface area contributed by atoms with Crippen molar-refractivity contribution in [3.05, 3.63) is 89.6 Å². The number of carbonyl (C=O) groups excluding carboxylic acids is 2. The summed E-state index contributed by atoms with van der Waals surface area (Å²) in [7, 11) is 1.23. The number of carbonyl (C=O) groups is 3. The van der Waals surface area contributed by atoms with Crippen LogP contribution in [0.3, 0.4) is 0 Å². The van der Waals surface area contributed by atoms with Crippen molar-refractivity contribution in [1.29, 1.82) is 0 Å². The summed E-state index contributed by atoms with van der Waals surface area (Å²) in [6, 6.07) is 18.8. The third-order valence-electron chi connectivity index (χ3n) is 8.11. The van der Waals surface area contributed by atoms with Crippen LogP contribution < -0.4 is 10.6 Å². The minimum absolute atomic E-state index is 0.0550. The number of benzene rings is 2. The molecule has 0 saturated carbocycles. The Morgan fingerprint density at radius 3 is 2.00 bits per heavy atom. The summed E-state index contributed by atoms with van der Waals surface area (Å²) in [5.74, 6) is -0.488. The Balaban J connectivity index is 1.98. The molecule has 0 radical (unpaired) electrons. The highest BCUT2D eigenvalue weighted by molar-refractivity contribution is 5.86. The monoisotopic (exact) mass is 646 g/mol. The number of nitrogens with one attached hydrogen (secondary N) is 2. The van der Waals surface area contributed by atoms with Gasteiger partial charge in [0, 0.05) is 23.3 Å². The lowest BCUT2D eigenvalue weighted by molar-refractivity contribution is -0.127. The number of alkyl carbamates (subject to hydrolysis) is 1. The number of carboxylic acid groups (broad SMARTS) is 1. The van der Waals surface area contributed by atoms with Crippen LogP contribution in [0, 0.1) is 12.3 Å². The van der Waals surface area contributed by atoms with Crippen molar-refractivity contribution in [3.8, 4) is 11.3 Å². The van der Waals surface area contributed by atoms with Gasteiger partial charge < -0.3 is 30.5 Å². The third kappa shape index (κ3) is 10.8. The lowest BCUT2D eigenvalue weighted by Crippen LogP contribution is -2.59. The van der Waals surface area contributed by atoms with Crippen LogP contribution in [-0.4, -0.2) is 75.1 Å². The van der Waals surface area contributed by atoms with Gasteiger partial charge in [0.15, 0.2) is 0 Å². The first kappa shape index (κ1) is 37.0. The zero-order valence-electron chi connectivity index (χ0n) is 28.8. The number of aliphatic hydroxyl groups excluding tert-OH is 1. The van der Waals surface area contributed by atoms with Crippen LogP contribution in [0.15, 0.2) is 72.9 Å². The summed E-state index contributed by atoms with van der Waals surface area (Å²) in [4.78, 5) is 44.5. The average molecular weight is 647 g/mol. The molecule has 0 aliphatic heterocycles. The minimum atomic E-state index is -1.14. The number of hydrogen-bond donors (Lipinski definition) is 4. The highest BCUT2D eigenvalue weighted by Gasteiger charge is 2.38. The molecule has 0 aliphatic rings. The van der Waals surface area contributed by atoms with E-state index in [2.05, 4.69) is 15.6 Å². The number of rotatable bonds is 12. The number of aromatic nitrogens is 1. The largest absolute Gasteiger partial charge is 0.465 e. The van der Waals surface area contributed by atoms with Crippen LogP contribution in [0.5, 0.6) is 0 Å². The molecule has 47 heavy (non-hydrogen) atoms. The Kier molecular flexibility index (Phi) is 12.5. The topological polar surface area (TPSA) is 141 Å². The molecule has 4 N–H and O–H groups in total. The number of aryl methyl sites for hydroxylation is 1. The molecule has 0 aliphatic carbocycles. The van der Waals surface area contributed by atoms with E-state index in [0.29, 0.717) is 6.42 Å². The normalized spacial score (nSPS) is 14.3. The lowest BCUT2D eigenvalue weighted by Gasteiger charge is -2.41. The molecule has 2 aromatic carbocycles. The first-order valence-electron chi connectivity index (χ1n) is 15.9. The summed E-state index contributed by atoms with van der Waals surface area (Å²) in [6.45, 7) is 12.9. The Labute approximate surface area is 278 Å². The summed E-state index contributed by atoms with van der Waals surface area (Å²) in [5.41, 5.74) is 3.15. The molecule has 10 nitrogen and oxygen atoms in total. The van der Waals surface area contributed by atoms with Crippen LogP contribution in [0.25, 0.3) is 11.3 Å². The SMILES string of the molecule is COC(=O)N[C@H](C(=O)N[C@@H](Cc1ccc(-c2ccc(C)cn2)cc1)[C@@H](O)C[C@H](Cc1ccccc1)N(C(=O)O)C(C)(C)C)C(C)(C)C. The van der Waals surface area contributed by atoms with Gasteiger partial charge in [-0.25, -0.2) is 9.59 Å². The second-order valence-electron chi connectivity index (χ2n) is 14.1. The third-order valence-corrected chi connectivity index (χ3v) is 8.11. The maximum absolute atomic E-state index is 13.8. The van der Waals surface area contributed by atoms with E-state index < -0.39 is 53.3 Å². The van der Waals surface area contributed by atoms with E-state index in [1.807, 2.05) is 121 Å². The van der Waals surface area contributed by atoms with Gasteiger partial charge in [0.05, 0.1) is 24.9 Å². The van der Waals surface area contributed by atoms with E-state index in [1.54, 1.807) is 0 Å². The van der Waals surface area contributed by atoms with Crippen molar-refractivity contribution in [1.82, 2.24) is 20.5 Å². The van der Waals surface area contributed by atoms with Crippen LogP contribution >= 0.6 is 0 Å². The predicted octanol–water partition coefficient (Wildman–Crippen LogP) is 6.00. The van der Waals surface area contributed by atoms with Crippen molar-refractivity contribution >= 4 is 18.1 Å². The van der Waals surface area contributed by atoms with Gasteiger partial charge in [-0.05, 0) is 75.1 Å². The standard InChI is InChI=1S/C37H50N4O6/c1-24-14-19-29(38-23-24)27-17-15-26(16-18-27)21-30(39-33(43)32(36(2,3)4)40-34(44)47-8)31(42)22-28(20-25-12-10-9-11-13-25)41(35(45)46)37(5,6)7/h9-19,23,28,30-32,42H,20-22H2,1-8H3,(H,39,43)(H,40,44)(H,45,46)/t28-,30-,31-,32+/m0/s1. The van der Waals surface area contributed by atoms with Crippen molar-refractivity contribution < 1.29 is 29.3 Å². The predicted molar refractivity (Wildman–Crippen MR) is 183 cm³/mol. The quantitative estimate of drug-likeness (QED) is 0.189. The van der Waals surface area contributed by atoms with E-state index in [9.17, 15) is 24.6 Å². The molecule has 3 aromatic rings. The van der Waals surface area contributed by atoms with Crippen LogP contribution in [0.1, 0.15) is 64.7 Å². The van der Waals surface area contributed by atoms with Gasteiger partial charge in [-0.3, -0.25) is 9.78 Å². The Morgan fingerprint density at radius 2 is 1.49 bits per heavy atom. The molecule has 3 amide bonds. The number of methoxy groups -OCH3 is 1. The lowest BCUT2D eigenvalue weighted by atomic mass is 9.85. The van der Waals surface area contributed by atoms with Gasteiger partial charge in [0.1, 0.15) is 6.04 Å². The van der Waals surface area contributed by atoms with Crippen LogP contribution in [0.2, 0.25) is 0 Å². The zero-order valence-corrected chi connectivity index (χ0v) is 28.8. The summed E-state index contributed by atoms with van der Waals surface area (Å²) in [5, 5.41) is 27.8. The Hall–Kier alpha value is -4.44. The minimum Gasteiger partial charge on any atom is -0.465 e. The van der Waals surface area contributed by atoms with Gasteiger partial charge in [-0.2, -0.15) is 0 Å². The number of ether oxygens (including phenoxy) is 1. The fourth-order valence-electron chi connectivity index (χ4n) is 5.71. The van der Waals surface area contributed by atoms with E-state index in [-0.39, 0.29) is 12.8 Å². The molecule has 0 spiro atoms. The molecular weight excluding hydrogens is 596 g/mol. The Morgan fingerprint density at radius 1 is 0.872 bits per heavy atom. The molecule has 0 unspecified atom stereocenters. The Bertz CT molecular complexity index is 1460. The number of amides is 3. The first-order valence-corrected chi connectivity index (χ1v) is 15.9. The van der Waals surface area contributed by atoms with Crippen molar-refractivity contribution in [2.75, 3.05) is 7.11 Å². The molecule has 3 rings (SSSR count). The van der Waals surface area contributed by atoms with E-state index in [4.69, 9.17) is 4.74 Å². The maximum Gasteiger partial charge on any atom is 0.407 e. The fraction of sp³-hybridized carbons (Fsp3) is 0.459. The summed E-state index contributed by atoms with van der Waals surface area (Å²) in [6.07, 6.45) is -0.500. The van der Waals surface area contributed by atoms with Crippen LogP contribution in [-0.2, 0) is 22.4 Å². The maximum atomic E-state index is 13.8. The summed E-state index contributed by atoms with van der Waals surface area (Å²) >= 11 is 0. The van der Waals surface area contributed by atoms with E-state index >= 15 is 0 Å². The zero-order chi connectivity index (χ0) is 34.9. The van der Waals surface area contributed by atoms with Crippen molar-refractivity contribution in [2.45, 2.75) is 97.5 Å². The highest BCUT2D eigenvalue weighted by Crippen LogP contribution is 2.26. The second kappa shape index (κ2) is 15.9. The molecule has 1 heterocycles. The number of pyridine rings is 1. The van der Waals surface area contributed by atoms with Gasteiger partial charge >= 0.3 is 12.2 Å². The van der Waals surface area contributed by atoms with Gasteiger partial charge in [0.2, 0.25) is 5.91 Å². The van der Waals surface area contributed by atoms with Gasteiger partial charge in [-0.1, -0.05) is 81.4 Å². The molecule has 4 atom stereocenters. The smallest absolute Gasteiger partial charge is 0.407 e. The van der Waals surface area contributed by atoms with Crippen molar-refractivity contribution in [3.63, 3.8) is 0 Å². The van der Waals surface area contributed by atoms with E-state index in [1.165, 1.54) is 12.0 Å². The fourth-order valence-corrected chi connectivity index (χ4v) is 5.71. The number of aliphatic hydroxyl groups is 1. The first-order chi connectivity index (χ1) is 22.0. The summed E-state index contributed by atoms with van der Waals surface area (Å²) < 4.78 is 4.77. The van der Waals surface area contributed by atoms with E-state index in [0.717, 1.165) is 27.9 Å². The second-order valence-corrected chi connectivity index (χ2v) is 14.1. The highest BCUT2D eigenvalue weighted by atomic mass is 16.5.